The Morgan fingerprint density at radius 3 is 2.24 bits per heavy atom. The van der Waals surface area contributed by atoms with E-state index >= 15 is 0 Å². The van der Waals surface area contributed by atoms with Crippen molar-refractivity contribution in [3.63, 3.8) is 0 Å². The van der Waals surface area contributed by atoms with Crippen LogP contribution in [0.15, 0.2) is 54.7 Å². The highest BCUT2D eigenvalue weighted by Crippen LogP contribution is 2.33. The van der Waals surface area contributed by atoms with Gasteiger partial charge in [0.15, 0.2) is 0 Å². The maximum atomic E-state index is 13.2. The number of hydrogen-bond donors (Lipinski definition) is 0. The minimum absolute atomic E-state index is 0.0310. The van der Waals surface area contributed by atoms with Crippen molar-refractivity contribution in [2.45, 2.75) is 33.1 Å². The number of likely N-dealkylation sites (tertiary alicyclic amines) is 2. The van der Waals surface area contributed by atoms with Gasteiger partial charge in [-0.1, -0.05) is 18.5 Å². The fourth-order valence-corrected chi connectivity index (χ4v) is 5.44. The molecule has 2 saturated heterocycles. The monoisotopic (exact) mass is 518 g/mol. The van der Waals surface area contributed by atoms with Crippen molar-refractivity contribution >= 4 is 23.4 Å². The van der Waals surface area contributed by atoms with Crippen molar-refractivity contribution in [1.29, 1.82) is 0 Å². The summed E-state index contributed by atoms with van der Waals surface area (Å²) < 4.78 is 5.73. The van der Waals surface area contributed by atoms with Crippen LogP contribution in [0, 0.1) is 18.8 Å². The molecule has 0 saturated carbocycles. The van der Waals surface area contributed by atoms with E-state index in [2.05, 4.69) is 16.9 Å². The summed E-state index contributed by atoms with van der Waals surface area (Å²) in [6.07, 6.45) is 4.14. The summed E-state index contributed by atoms with van der Waals surface area (Å²) in [6.45, 7) is 6.88. The zero-order valence-corrected chi connectivity index (χ0v) is 21.9. The predicted molar refractivity (Wildman–Crippen MR) is 142 cm³/mol. The summed E-state index contributed by atoms with van der Waals surface area (Å²) in [7, 11) is 0. The van der Waals surface area contributed by atoms with Crippen LogP contribution in [0.1, 0.15) is 51.9 Å². The van der Waals surface area contributed by atoms with E-state index in [1.165, 1.54) is 6.20 Å². The van der Waals surface area contributed by atoms with Crippen molar-refractivity contribution in [3.05, 3.63) is 82.3 Å². The Bertz CT molecular complexity index is 1260. The van der Waals surface area contributed by atoms with Crippen LogP contribution in [0.3, 0.4) is 0 Å². The normalized spacial score (nSPS) is 19.3. The van der Waals surface area contributed by atoms with Gasteiger partial charge in [0.2, 0.25) is 5.88 Å². The molecule has 0 spiro atoms. The highest BCUT2D eigenvalue weighted by Gasteiger charge is 2.38. The lowest BCUT2D eigenvalue weighted by atomic mass is 9.92. The van der Waals surface area contributed by atoms with Crippen LogP contribution in [0.25, 0.3) is 0 Å². The van der Waals surface area contributed by atoms with E-state index in [0.29, 0.717) is 47.1 Å². The van der Waals surface area contributed by atoms with Gasteiger partial charge in [0.25, 0.3) is 11.8 Å². The summed E-state index contributed by atoms with van der Waals surface area (Å²) >= 11 is 5.87. The minimum Gasteiger partial charge on any atom is -0.439 e. The highest BCUT2D eigenvalue weighted by molar-refractivity contribution is 6.30. The van der Waals surface area contributed by atoms with Gasteiger partial charge in [0, 0.05) is 61.0 Å². The number of hydrogen-bond acceptors (Lipinski definition) is 5. The number of aromatic nitrogens is 2. The molecule has 2 aliphatic heterocycles. The third kappa shape index (κ3) is 5.77. The molecule has 3 aromatic rings. The molecule has 2 aromatic heterocycles. The molecule has 2 aliphatic rings. The van der Waals surface area contributed by atoms with Crippen LogP contribution in [0.5, 0.6) is 11.6 Å². The second-order valence-corrected chi connectivity index (χ2v) is 10.3. The van der Waals surface area contributed by atoms with E-state index in [1.807, 2.05) is 28.9 Å². The van der Waals surface area contributed by atoms with Crippen molar-refractivity contribution in [1.82, 2.24) is 19.8 Å². The average Bonchev–Trinajstić information content (AvgIpc) is 3.22. The van der Waals surface area contributed by atoms with E-state index in [1.54, 1.807) is 36.4 Å². The van der Waals surface area contributed by atoms with Crippen molar-refractivity contribution in [2.75, 3.05) is 26.2 Å². The van der Waals surface area contributed by atoms with Crippen molar-refractivity contribution in [2.24, 2.45) is 11.8 Å². The van der Waals surface area contributed by atoms with Gasteiger partial charge in [-0.15, -0.1) is 0 Å². The van der Waals surface area contributed by atoms with Gasteiger partial charge in [0.1, 0.15) is 5.75 Å². The number of nitrogens with zero attached hydrogens (tertiary/aromatic N) is 4. The molecule has 5 rings (SSSR count). The Hall–Kier alpha value is -3.45. The van der Waals surface area contributed by atoms with Crippen LogP contribution in [-0.4, -0.2) is 57.8 Å². The molecule has 0 N–H and O–H groups in total. The van der Waals surface area contributed by atoms with Gasteiger partial charge in [-0.3, -0.25) is 14.6 Å². The molecule has 0 radical (unpaired) electrons. The molecule has 2 fully saturated rings. The minimum atomic E-state index is 0.0310. The summed E-state index contributed by atoms with van der Waals surface area (Å²) in [5.74, 6) is 2.01. The Labute approximate surface area is 222 Å². The number of fused-ring (bicyclic) bond motifs is 1. The van der Waals surface area contributed by atoms with Gasteiger partial charge >= 0.3 is 0 Å². The number of aryl methyl sites for hydroxylation is 2. The lowest BCUT2D eigenvalue weighted by Crippen LogP contribution is -2.34. The van der Waals surface area contributed by atoms with E-state index in [4.69, 9.17) is 16.3 Å². The van der Waals surface area contributed by atoms with Gasteiger partial charge in [0.05, 0.1) is 5.02 Å². The lowest BCUT2D eigenvalue weighted by molar-refractivity contribution is 0.0734. The maximum Gasteiger partial charge on any atom is 0.254 e. The highest BCUT2D eigenvalue weighted by atomic mass is 35.5. The standard InChI is InChI=1S/C29H31ClN4O3/c1-3-25-15-23(14-19(2)32-25)29(36)34-17-21-10-12-33(13-11-22(21)18-34)28(35)20-4-7-26(8-5-20)37-27-9-6-24(30)16-31-27/h4-9,14-16,21-22H,3,10-13,17-18H2,1-2H3/t21-,22+. The van der Waals surface area contributed by atoms with Gasteiger partial charge in [-0.05, 0) is 80.5 Å². The summed E-state index contributed by atoms with van der Waals surface area (Å²) in [6, 6.07) is 14.4. The zero-order valence-electron chi connectivity index (χ0n) is 21.2. The first kappa shape index (κ1) is 25.2. The predicted octanol–water partition coefficient (Wildman–Crippen LogP) is 5.42. The Kier molecular flexibility index (Phi) is 7.42. The second kappa shape index (κ2) is 10.9. The van der Waals surface area contributed by atoms with Gasteiger partial charge in [-0.2, -0.15) is 0 Å². The van der Waals surface area contributed by atoms with Crippen molar-refractivity contribution in [3.8, 4) is 11.6 Å². The Morgan fingerprint density at radius 2 is 1.62 bits per heavy atom. The van der Waals surface area contributed by atoms with Gasteiger partial charge in [-0.25, -0.2) is 4.98 Å². The van der Waals surface area contributed by atoms with Crippen LogP contribution in [0.2, 0.25) is 5.02 Å². The first-order chi connectivity index (χ1) is 17.9. The molecule has 0 bridgehead atoms. The average molecular weight is 519 g/mol. The summed E-state index contributed by atoms with van der Waals surface area (Å²) in [5, 5.41) is 0.545. The molecule has 0 aliphatic carbocycles. The van der Waals surface area contributed by atoms with E-state index in [9.17, 15) is 9.59 Å². The van der Waals surface area contributed by atoms with E-state index in [-0.39, 0.29) is 11.8 Å². The number of rotatable bonds is 5. The van der Waals surface area contributed by atoms with Gasteiger partial charge < -0.3 is 14.5 Å². The Morgan fingerprint density at radius 1 is 0.946 bits per heavy atom. The SMILES string of the molecule is CCc1cc(C(=O)N2C[C@H]3CCN(C(=O)c4ccc(Oc5ccc(Cl)cn5)cc4)CC[C@H]3C2)cc(C)n1. The molecule has 4 heterocycles. The second-order valence-electron chi connectivity index (χ2n) is 9.88. The molecule has 0 unspecified atom stereocenters. The number of carbonyl (C=O) groups excluding carboxylic acids is 2. The largest absolute Gasteiger partial charge is 0.439 e. The first-order valence-corrected chi connectivity index (χ1v) is 13.2. The third-order valence-electron chi connectivity index (χ3n) is 7.33. The number of benzene rings is 1. The number of halogens is 1. The lowest BCUT2D eigenvalue weighted by Gasteiger charge is -2.23. The van der Waals surface area contributed by atoms with Crippen LogP contribution in [-0.2, 0) is 6.42 Å². The number of ether oxygens (including phenoxy) is 1. The molecule has 8 heteroatoms. The molecule has 192 valence electrons. The van der Waals surface area contributed by atoms with Crippen LogP contribution in [0.4, 0.5) is 0 Å². The fraction of sp³-hybridized carbons (Fsp3) is 0.379. The van der Waals surface area contributed by atoms with Crippen LogP contribution >= 0.6 is 11.6 Å². The van der Waals surface area contributed by atoms with Crippen molar-refractivity contribution < 1.29 is 14.3 Å². The molecule has 2 amide bonds. The Balaban J connectivity index is 1.17. The van der Waals surface area contributed by atoms with Crippen LogP contribution < -0.4 is 4.74 Å². The molecular formula is C29H31ClN4O3. The van der Waals surface area contributed by atoms with E-state index in [0.717, 1.165) is 49.3 Å². The summed E-state index contributed by atoms with van der Waals surface area (Å²) in [4.78, 5) is 39.0. The maximum absolute atomic E-state index is 13.2. The molecule has 37 heavy (non-hydrogen) atoms. The number of pyridine rings is 2. The topological polar surface area (TPSA) is 75.6 Å². The molecule has 2 atom stereocenters. The van der Waals surface area contributed by atoms with E-state index < -0.39 is 0 Å². The quantitative estimate of drug-likeness (QED) is 0.451. The summed E-state index contributed by atoms with van der Waals surface area (Å²) in [5.41, 5.74) is 3.20. The zero-order chi connectivity index (χ0) is 25.9. The molecular weight excluding hydrogens is 488 g/mol. The molecule has 7 nitrogen and oxygen atoms in total. The smallest absolute Gasteiger partial charge is 0.254 e. The number of amides is 2. The fourth-order valence-electron chi connectivity index (χ4n) is 5.33. The number of carbonyl (C=O) groups is 2. The third-order valence-corrected chi connectivity index (χ3v) is 7.55. The molecule has 1 aromatic carbocycles. The first-order valence-electron chi connectivity index (χ1n) is 12.8.